The van der Waals surface area contributed by atoms with Gasteiger partial charge in [-0.1, -0.05) is 18.3 Å². The molecule has 0 aliphatic carbocycles. The van der Waals surface area contributed by atoms with Gasteiger partial charge in [0.1, 0.15) is 0 Å². The van der Waals surface area contributed by atoms with Gasteiger partial charge in [-0.25, -0.2) is 8.42 Å². The zero-order valence-corrected chi connectivity index (χ0v) is 14.0. The highest BCUT2D eigenvalue weighted by atomic mass is 32.2. The van der Waals surface area contributed by atoms with Crippen LogP contribution >= 0.6 is 12.2 Å². The molecular formula is C14H20N2O3S2. The van der Waals surface area contributed by atoms with E-state index in [9.17, 15) is 13.2 Å². The maximum atomic E-state index is 12.5. The molecule has 5 nitrogen and oxygen atoms in total. The number of carbonyl (C=O) groups excluding carboxylic acids is 1. The van der Waals surface area contributed by atoms with Gasteiger partial charge in [-0.15, -0.1) is 0 Å². The number of thiocarbonyl (C=S) groups is 1. The summed E-state index contributed by atoms with van der Waals surface area (Å²) in [5.74, 6) is -0.230. The molecule has 1 amide bonds. The van der Waals surface area contributed by atoms with Gasteiger partial charge in [-0.2, -0.15) is 0 Å². The largest absolute Gasteiger partial charge is 0.393 e. The lowest BCUT2D eigenvalue weighted by molar-refractivity contribution is 0.0711. The summed E-state index contributed by atoms with van der Waals surface area (Å²) in [6.07, 6.45) is 1.55. The average Bonchev–Trinajstić information content (AvgIpc) is 2.37. The molecule has 2 N–H and O–H groups in total. The number of rotatable bonds is 6. The zero-order valence-electron chi connectivity index (χ0n) is 12.4. The molecule has 0 aliphatic heterocycles. The van der Waals surface area contributed by atoms with Crippen LogP contribution in [0, 0.1) is 0 Å². The molecule has 1 aromatic carbocycles. The lowest BCUT2D eigenvalue weighted by Gasteiger charge is -2.26. The molecule has 0 spiro atoms. The van der Waals surface area contributed by atoms with E-state index in [-0.39, 0.29) is 16.8 Å². The maximum absolute atomic E-state index is 12.5. The number of nitrogens with two attached hydrogens (primary N) is 1. The van der Waals surface area contributed by atoms with Crippen LogP contribution in [0.3, 0.4) is 0 Å². The van der Waals surface area contributed by atoms with Gasteiger partial charge in [0.25, 0.3) is 5.91 Å². The zero-order chi connectivity index (χ0) is 16.2. The standard InChI is InChI=1S/C14H20N2O3S2/c1-10(2)16(8-7-13(15)20)14(17)11-5-4-6-12(9-11)21(3,18)19/h4-6,9-10H,7-8H2,1-3H3,(H2,15,20). The number of hydrogen-bond acceptors (Lipinski definition) is 4. The van der Waals surface area contributed by atoms with Crippen LogP contribution in [-0.2, 0) is 9.84 Å². The van der Waals surface area contributed by atoms with Crippen LogP contribution in [0.4, 0.5) is 0 Å². The lowest BCUT2D eigenvalue weighted by Crippen LogP contribution is -2.39. The number of carbonyl (C=O) groups is 1. The van der Waals surface area contributed by atoms with E-state index in [0.29, 0.717) is 23.5 Å². The second-order valence-corrected chi connectivity index (χ2v) is 7.65. The molecular weight excluding hydrogens is 308 g/mol. The number of benzene rings is 1. The van der Waals surface area contributed by atoms with Gasteiger partial charge in [0.05, 0.1) is 9.88 Å². The molecule has 21 heavy (non-hydrogen) atoms. The summed E-state index contributed by atoms with van der Waals surface area (Å²) >= 11 is 4.83. The Labute approximate surface area is 131 Å². The highest BCUT2D eigenvalue weighted by Gasteiger charge is 2.20. The second kappa shape index (κ2) is 7.00. The fraction of sp³-hybridized carbons (Fsp3) is 0.429. The average molecular weight is 328 g/mol. The van der Waals surface area contributed by atoms with Crippen LogP contribution < -0.4 is 5.73 Å². The van der Waals surface area contributed by atoms with Crippen molar-refractivity contribution in [1.29, 1.82) is 0 Å². The monoisotopic (exact) mass is 328 g/mol. The van der Waals surface area contributed by atoms with Crippen molar-refractivity contribution in [3.8, 4) is 0 Å². The molecule has 0 heterocycles. The Balaban J connectivity index is 3.07. The Morgan fingerprint density at radius 3 is 2.48 bits per heavy atom. The van der Waals surface area contributed by atoms with Crippen molar-refractivity contribution < 1.29 is 13.2 Å². The third-order valence-corrected chi connectivity index (χ3v) is 4.31. The molecule has 0 saturated carbocycles. The Kier molecular flexibility index (Phi) is 5.86. The van der Waals surface area contributed by atoms with Crippen LogP contribution in [0.15, 0.2) is 29.2 Å². The molecule has 1 rings (SSSR count). The van der Waals surface area contributed by atoms with E-state index in [2.05, 4.69) is 0 Å². The van der Waals surface area contributed by atoms with Crippen molar-refractivity contribution in [3.05, 3.63) is 29.8 Å². The Bertz CT molecular complexity index is 639. The van der Waals surface area contributed by atoms with Crippen molar-refractivity contribution in [3.63, 3.8) is 0 Å². The van der Waals surface area contributed by atoms with Crippen LogP contribution in [0.25, 0.3) is 0 Å². The summed E-state index contributed by atoms with van der Waals surface area (Å²) in [5, 5.41) is 0. The quantitative estimate of drug-likeness (QED) is 0.803. The lowest BCUT2D eigenvalue weighted by atomic mass is 10.1. The summed E-state index contributed by atoms with van der Waals surface area (Å²) in [7, 11) is -3.34. The molecule has 0 saturated heterocycles. The first kappa shape index (κ1) is 17.6. The number of hydrogen-bond donors (Lipinski definition) is 1. The van der Waals surface area contributed by atoms with Crippen molar-refractivity contribution in [2.45, 2.75) is 31.2 Å². The van der Waals surface area contributed by atoms with E-state index in [1.807, 2.05) is 13.8 Å². The second-order valence-electron chi connectivity index (χ2n) is 5.11. The van der Waals surface area contributed by atoms with Crippen molar-refractivity contribution in [2.24, 2.45) is 5.73 Å². The Hall–Kier alpha value is -1.47. The van der Waals surface area contributed by atoms with E-state index in [4.69, 9.17) is 18.0 Å². The summed E-state index contributed by atoms with van der Waals surface area (Å²) < 4.78 is 23.1. The minimum absolute atomic E-state index is 0.0336. The normalized spacial score (nSPS) is 11.4. The van der Waals surface area contributed by atoms with Crippen LogP contribution in [0.5, 0.6) is 0 Å². The number of amides is 1. The first-order chi connectivity index (χ1) is 9.62. The minimum Gasteiger partial charge on any atom is -0.393 e. The SMILES string of the molecule is CC(C)N(CCC(N)=S)C(=O)c1cccc(S(C)(=O)=O)c1. The Morgan fingerprint density at radius 1 is 1.38 bits per heavy atom. The van der Waals surface area contributed by atoms with E-state index < -0.39 is 9.84 Å². The molecule has 0 radical (unpaired) electrons. The van der Waals surface area contributed by atoms with E-state index in [1.165, 1.54) is 12.1 Å². The van der Waals surface area contributed by atoms with Gasteiger partial charge >= 0.3 is 0 Å². The van der Waals surface area contributed by atoms with Crippen LogP contribution in [0.1, 0.15) is 30.6 Å². The third kappa shape index (κ3) is 5.09. The highest BCUT2D eigenvalue weighted by Crippen LogP contribution is 2.15. The fourth-order valence-electron chi connectivity index (χ4n) is 1.85. The number of nitrogens with zero attached hydrogens (tertiary/aromatic N) is 1. The summed E-state index contributed by atoms with van der Waals surface area (Å²) in [6, 6.07) is 6.01. The fourth-order valence-corrected chi connectivity index (χ4v) is 2.61. The summed E-state index contributed by atoms with van der Waals surface area (Å²) in [5.41, 5.74) is 5.82. The third-order valence-electron chi connectivity index (χ3n) is 2.99. The molecule has 0 fully saturated rings. The van der Waals surface area contributed by atoms with E-state index in [0.717, 1.165) is 6.26 Å². The van der Waals surface area contributed by atoms with Crippen LogP contribution in [0.2, 0.25) is 0 Å². The highest BCUT2D eigenvalue weighted by molar-refractivity contribution is 7.90. The van der Waals surface area contributed by atoms with E-state index >= 15 is 0 Å². The van der Waals surface area contributed by atoms with Gasteiger partial charge in [-0.05, 0) is 32.0 Å². The van der Waals surface area contributed by atoms with Crippen molar-refractivity contribution >= 4 is 33.0 Å². The van der Waals surface area contributed by atoms with Gasteiger partial charge < -0.3 is 10.6 Å². The molecule has 0 atom stereocenters. The molecule has 1 aromatic rings. The van der Waals surface area contributed by atoms with Gasteiger partial charge in [0.2, 0.25) is 0 Å². The summed E-state index contributed by atoms with van der Waals surface area (Å²) in [6.45, 7) is 4.19. The predicted molar refractivity (Wildman–Crippen MR) is 87.1 cm³/mol. The summed E-state index contributed by atoms with van der Waals surface area (Å²) in [4.78, 5) is 14.6. The Morgan fingerprint density at radius 2 is 2.00 bits per heavy atom. The predicted octanol–water partition coefficient (Wildman–Crippen LogP) is 1.62. The van der Waals surface area contributed by atoms with Crippen molar-refractivity contribution in [1.82, 2.24) is 4.90 Å². The van der Waals surface area contributed by atoms with Crippen molar-refractivity contribution in [2.75, 3.05) is 12.8 Å². The first-order valence-corrected chi connectivity index (χ1v) is 8.82. The smallest absolute Gasteiger partial charge is 0.254 e. The van der Waals surface area contributed by atoms with Gasteiger partial charge in [0.15, 0.2) is 9.84 Å². The van der Waals surface area contributed by atoms with Gasteiger partial charge in [0, 0.05) is 30.8 Å². The molecule has 0 aliphatic rings. The minimum atomic E-state index is -3.34. The van der Waals surface area contributed by atoms with E-state index in [1.54, 1.807) is 17.0 Å². The molecule has 0 unspecified atom stereocenters. The van der Waals surface area contributed by atoms with Crippen LogP contribution in [-0.4, -0.2) is 43.1 Å². The molecule has 0 aromatic heterocycles. The number of sulfone groups is 1. The molecule has 0 bridgehead atoms. The molecule has 7 heteroatoms. The van der Waals surface area contributed by atoms with Gasteiger partial charge in [-0.3, -0.25) is 4.79 Å². The first-order valence-electron chi connectivity index (χ1n) is 6.52. The topological polar surface area (TPSA) is 80.5 Å². The molecule has 116 valence electrons. The maximum Gasteiger partial charge on any atom is 0.254 e.